The van der Waals surface area contributed by atoms with Gasteiger partial charge in [-0.05, 0) is 35.5 Å². The van der Waals surface area contributed by atoms with Gasteiger partial charge in [-0.2, -0.15) is 0 Å². The monoisotopic (exact) mass is 182 g/mol. The van der Waals surface area contributed by atoms with Crippen molar-refractivity contribution in [1.29, 1.82) is 0 Å². The zero-order valence-corrected chi connectivity index (χ0v) is 10.3. The molecule has 0 nitrogen and oxygen atoms in total. The molecule has 0 saturated heterocycles. The summed E-state index contributed by atoms with van der Waals surface area (Å²) in [6, 6.07) is 0. The minimum atomic E-state index is 0.510. The van der Waals surface area contributed by atoms with Crippen molar-refractivity contribution in [2.45, 2.75) is 67.2 Å². The molecule has 0 heterocycles. The standard InChI is InChI=1S/C13H26/c1-7-13(6)9-8-11(2,3)12(4,5)10-13/h7-10H2,1-6H3. The highest BCUT2D eigenvalue weighted by Crippen LogP contribution is 2.56. The predicted octanol–water partition coefficient (Wildman–Crippen LogP) is 4.64. The number of hydrogen-bond acceptors (Lipinski definition) is 0. The maximum Gasteiger partial charge on any atom is -0.0298 e. The van der Waals surface area contributed by atoms with Crippen molar-refractivity contribution in [3.05, 3.63) is 0 Å². The third-order valence-electron chi connectivity index (χ3n) is 4.91. The van der Waals surface area contributed by atoms with Crippen LogP contribution in [0, 0.1) is 16.2 Å². The van der Waals surface area contributed by atoms with Crippen LogP contribution in [0.5, 0.6) is 0 Å². The number of rotatable bonds is 1. The fourth-order valence-electron chi connectivity index (χ4n) is 2.65. The quantitative estimate of drug-likeness (QED) is 0.554. The lowest BCUT2D eigenvalue weighted by atomic mass is 9.52. The molecule has 1 atom stereocenters. The second-order valence-corrected chi connectivity index (χ2v) is 6.61. The average Bonchev–Trinajstić information content (AvgIpc) is 1.98. The minimum Gasteiger partial charge on any atom is -0.0649 e. The van der Waals surface area contributed by atoms with Crippen LogP contribution in [0.2, 0.25) is 0 Å². The highest BCUT2D eigenvalue weighted by molar-refractivity contribution is 4.96. The fraction of sp³-hybridized carbons (Fsp3) is 1.00. The third kappa shape index (κ3) is 1.92. The van der Waals surface area contributed by atoms with E-state index in [2.05, 4.69) is 41.5 Å². The summed E-state index contributed by atoms with van der Waals surface area (Å²) in [7, 11) is 0. The topological polar surface area (TPSA) is 0 Å². The molecule has 1 fully saturated rings. The van der Waals surface area contributed by atoms with Crippen LogP contribution in [0.25, 0.3) is 0 Å². The van der Waals surface area contributed by atoms with Gasteiger partial charge in [0.05, 0.1) is 0 Å². The molecule has 0 aromatic carbocycles. The molecule has 1 aliphatic rings. The van der Waals surface area contributed by atoms with Crippen LogP contribution in [-0.4, -0.2) is 0 Å². The van der Waals surface area contributed by atoms with Crippen LogP contribution in [0.1, 0.15) is 67.2 Å². The van der Waals surface area contributed by atoms with Crippen molar-refractivity contribution in [1.82, 2.24) is 0 Å². The van der Waals surface area contributed by atoms with Crippen molar-refractivity contribution >= 4 is 0 Å². The molecular formula is C13H26. The van der Waals surface area contributed by atoms with Gasteiger partial charge in [0, 0.05) is 0 Å². The second kappa shape index (κ2) is 3.00. The van der Waals surface area contributed by atoms with Crippen LogP contribution in [0.4, 0.5) is 0 Å². The van der Waals surface area contributed by atoms with Gasteiger partial charge in [-0.15, -0.1) is 0 Å². The molecular weight excluding hydrogens is 156 g/mol. The molecule has 0 amide bonds. The van der Waals surface area contributed by atoms with Gasteiger partial charge in [0.25, 0.3) is 0 Å². The van der Waals surface area contributed by atoms with Gasteiger partial charge in [0.1, 0.15) is 0 Å². The summed E-state index contributed by atoms with van der Waals surface area (Å²) in [4.78, 5) is 0. The van der Waals surface area contributed by atoms with Gasteiger partial charge in [-0.25, -0.2) is 0 Å². The Hall–Kier alpha value is 0. The van der Waals surface area contributed by atoms with Crippen LogP contribution in [0.15, 0.2) is 0 Å². The Morgan fingerprint density at radius 2 is 1.38 bits per heavy atom. The summed E-state index contributed by atoms with van der Waals surface area (Å²) in [6.07, 6.45) is 5.54. The number of hydrogen-bond donors (Lipinski definition) is 0. The highest BCUT2D eigenvalue weighted by Gasteiger charge is 2.46. The summed E-state index contributed by atoms with van der Waals surface area (Å²) >= 11 is 0. The molecule has 0 aromatic heterocycles. The predicted molar refractivity (Wildman–Crippen MR) is 59.8 cm³/mol. The van der Waals surface area contributed by atoms with E-state index in [9.17, 15) is 0 Å². The van der Waals surface area contributed by atoms with Gasteiger partial charge in [0.2, 0.25) is 0 Å². The lowest BCUT2D eigenvalue weighted by Crippen LogP contribution is -2.42. The average molecular weight is 182 g/mol. The Kier molecular flexibility index (Phi) is 2.56. The van der Waals surface area contributed by atoms with Gasteiger partial charge in [-0.1, -0.05) is 48.0 Å². The van der Waals surface area contributed by atoms with E-state index in [0.29, 0.717) is 16.2 Å². The summed E-state index contributed by atoms with van der Waals surface area (Å²) in [5.74, 6) is 0. The summed E-state index contributed by atoms with van der Waals surface area (Å²) in [6.45, 7) is 14.6. The Balaban J connectivity index is 2.82. The fourth-order valence-corrected chi connectivity index (χ4v) is 2.65. The van der Waals surface area contributed by atoms with Crippen molar-refractivity contribution in [3.8, 4) is 0 Å². The Bertz CT molecular complexity index is 188. The second-order valence-electron chi connectivity index (χ2n) is 6.61. The van der Waals surface area contributed by atoms with Crippen molar-refractivity contribution in [2.24, 2.45) is 16.2 Å². The molecule has 13 heavy (non-hydrogen) atoms. The van der Waals surface area contributed by atoms with Crippen LogP contribution < -0.4 is 0 Å². The molecule has 0 N–H and O–H groups in total. The van der Waals surface area contributed by atoms with E-state index in [1.807, 2.05) is 0 Å². The molecule has 0 heteroatoms. The zero-order chi connectivity index (χ0) is 10.3. The maximum absolute atomic E-state index is 2.46. The first-order valence-electron chi connectivity index (χ1n) is 5.72. The van der Waals surface area contributed by atoms with Crippen molar-refractivity contribution in [2.75, 3.05) is 0 Å². The van der Waals surface area contributed by atoms with E-state index in [1.54, 1.807) is 0 Å². The lowest BCUT2D eigenvalue weighted by molar-refractivity contribution is -0.0226. The molecule has 0 bridgehead atoms. The molecule has 1 saturated carbocycles. The first-order chi connectivity index (χ1) is 5.72. The molecule has 1 aliphatic carbocycles. The Morgan fingerprint density at radius 1 is 0.846 bits per heavy atom. The third-order valence-corrected chi connectivity index (χ3v) is 4.91. The van der Waals surface area contributed by atoms with Gasteiger partial charge in [0.15, 0.2) is 0 Å². The first kappa shape index (κ1) is 11.1. The SMILES string of the molecule is CCC1(C)CCC(C)(C)C(C)(C)C1. The molecule has 1 rings (SSSR count). The summed E-state index contributed by atoms with van der Waals surface area (Å²) in [5.41, 5.74) is 1.65. The summed E-state index contributed by atoms with van der Waals surface area (Å²) in [5, 5.41) is 0. The largest absolute Gasteiger partial charge is 0.0649 e. The molecule has 0 aromatic rings. The lowest BCUT2D eigenvalue weighted by Gasteiger charge is -2.53. The Labute approximate surface area is 84.1 Å². The molecule has 78 valence electrons. The molecule has 1 unspecified atom stereocenters. The Morgan fingerprint density at radius 3 is 1.77 bits per heavy atom. The van der Waals surface area contributed by atoms with Gasteiger partial charge < -0.3 is 0 Å². The maximum atomic E-state index is 2.46. The van der Waals surface area contributed by atoms with Crippen LogP contribution in [0.3, 0.4) is 0 Å². The van der Waals surface area contributed by atoms with E-state index < -0.39 is 0 Å². The normalized spacial score (nSPS) is 37.4. The van der Waals surface area contributed by atoms with E-state index in [-0.39, 0.29) is 0 Å². The van der Waals surface area contributed by atoms with Crippen molar-refractivity contribution < 1.29 is 0 Å². The highest BCUT2D eigenvalue weighted by atomic mass is 14.5. The van der Waals surface area contributed by atoms with E-state index >= 15 is 0 Å². The molecule has 0 radical (unpaired) electrons. The van der Waals surface area contributed by atoms with Gasteiger partial charge in [-0.3, -0.25) is 0 Å². The van der Waals surface area contributed by atoms with Crippen molar-refractivity contribution in [3.63, 3.8) is 0 Å². The van der Waals surface area contributed by atoms with Crippen LogP contribution in [-0.2, 0) is 0 Å². The van der Waals surface area contributed by atoms with Gasteiger partial charge >= 0.3 is 0 Å². The summed E-state index contributed by atoms with van der Waals surface area (Å²) < 4.78 is 0. The molecule has 0 spiro atoms. The van der Waals surface area contributed by atoms with E-state index in [1.165, 1.54) is 25.7 Å². The zero-order valence-electron chi connectivity index (χ0n) is 10.3. The van der Waals surface area contributed by atoms with E-state index in [0.717, 1.165) is 0 Å². The smallest absolute Gasteiger partial charge is 0.0298 e. The molecule has 0 aliphatic heterocycles. The van der Waals surface area contributed by atoms with Crippen LogP contribution >= 0.6 is 0 Å². The van der Waals surface area contributed by atoms with E-state index in [4.69, 9.17) is 0 Å². The first-order valence-corrected chi connectivity index (χ1v) is 5.72. The minimum absolute atomic E-state index is 0.510.